The molecule has 1 aromatic carbocycles. The molecule has 5 heteroatoms. The fraction of sp³-hybridized carbons (Fsp3) is 0.200. The predicted octanol–water partition coefficient (Wildman–Crippen LogP) is 3.97. The number of fused-ring (bicyclic) bond motifs is 1. The third kappa shape index (κ3) is 2.41. The minimum Gasteiger partial charge on any atom is -0.362 e. The van der Waals surface area contributed by atoms with E-state index < -0.39 is 0 Å². The van der Waals surface area contributed by atoms with Gasteiger partial charge in [0.05, 0.1) is 11.7 Å². The molecule has 0 fully saturated rings. The first-order valence-electron chi connectivity index (χ1n) is 6.47. The van der Waals surface area contributed by atoms with E-state index in [1.165, 1.54) is 5.56 Å². The smallest absolute Gasteiger partial charge is 0.152 e. The third-order valence-corrected chi connectivity index (χ3v) is 3.96. The van der Waals surface area contributed by atoms with Crippen LogP contribution in [0.1, 0.15) is 24.2 Å². The molecule has 0 saturated heterocycles. The van der Waals surface area contributed by atoms with Gasteiger partial charge in [-0.3, -0.25) is 0 Å². The van der Waals surface area contributed by atoms with Crippen LogP contribution in [0.25, 0.3) is 5.52 Å². The highest BCUT2D eigenvalue weighted by Crippen LogP contribution is 2.26. The van der Waals surface area contributed by atoms with Gasteiger partial charge in [0.25, 0.3) is 0 Å². The standard InChI is InChI=1S/C15H15BrN4/c1-10-9-14-15(17-7-8-20(14)19-10)18-11(2)12-5-3-4-6-13(12)16/h3-9,11H,1-2H3,(H,17,18). The van der Waals surface area contributed by atoms with Crippen molar-refractivity contribution in [1.82, 2.24) is 14.6 Å². The van der Waals surface area contributed by atoms with E-state index >= 15 is 0 Å². The Labute approximate surface area is 126 Å². The lowest BCUT2D eigenvalue weighted by molar-refractivity contribution is 0.860. The van der Waals surface area contributed by atoms with Gasteiger partial charge >= 0.3 is 0 Å². The van der Waals surface area contributed by atoms with Gasteiger partial charge in [-0.2, -0.15) is 5.10 Å². The van der Waals surface area contributed by atoms with Crippen molar-refractivity contribution < 1.29 is 0 Å². The highest BCUT2D eigenvalue weighted by Gasteiger charge is 2.12. The minimum atomic E-state index is 0.152. The minimum absolute atomic E-state index is 0.152. The largest absolute Gasteiger partial charge is 0.362 e. The van der Waals surface area contributed by atoms with Crippen LogP contribution in [0.2, 0.25) is 0 Å². The quantitative estimate of drug-likeness (QED) is 0.789. The average Bonchev–Trinajstić information content (AvgIpc) is 2.80. The number of benzene rings is 1. The van der Waals surface area contributed by atoms with Crippen molar-refractivity contribution in [1.29, 1.82) is 0 Å². The number of hydrogen-bond acceptors (Lipinski definition) is 3. The normalized spacial score (nSPS) is 12.6. The van der Waals surface area contributed by atoms with E-state index in [1.807, 2.05) is 41.9 Å². The molecule has 1 atom stereocenters. The van der Waals surface area contributed by atoms with E-state index in [0.717, 1.165) is 21.5 Å². The van der Waals surface area contributed by atoms with Gasteiger partial charge in [-0.05, 0) is 31.5 Å². The number of nitrogens with zero attached hydrogens (tertiary/aromatic N) is 3. The molecule has 0 bridgehead atoms. The van der Waals surface area contributed by atoms with Crippen molar-refractivity contribution in [3.63, 3.8) is 0 Å². The maximum atomic E-state index is 4.43. The second kappa shape index (κ2) is 5.25. The van der Waals surface area contributed by atoms with Crippen LogP contribution in [0.4, 0.5) is 5.82 Å². The summed E-state index contributed by atoms with van der Waals surface area (Å²) in [6, 6.07) is 10.4. The van der Waals surface area contributed by atoms with Crippen molar-refractivity contribution in [2.45, 2.75) is 19.9 Å². The van der Waals surface area contributed by atoms with Crippen LogP contribution in [0.5, 0.6) is 0 Å². The van der Waals surface area contributed by atoms with Gasteiger partial charge < -0.3 is 5.32 Å². The maximum absolute atomic E-state index is 4.43. The number of nitrogens with one attached hydrogen (secondary N) is 1. The molecule has 1 N–H and O–H groups in total. The summed E-state index contributed by atoms with van der Waals surface area (Å²) in [4.78, 5) is 4.43. The molecular weight excluding hydrogens is 316 g/mol. The fourth-order valence-corrected chi connectivity index (χ4v) is 2.89. The van der Waals surface area contributed by atoms with Gasteiger partial charge in [-0.15, -0.1) is 0 Å². The summed E-state index contributed by atoms with van der Waals surface area (Å²) in [5.74, 6) is 0.844. The molecule has 0 aliphatic carbocycles. The zero-order valence-electron chi connectivity index (χ0n) is 11.3. The van der Waals surface area contributed by atoms with Crippen LogP contribution >= 0.6 is 15.9 Å². The first-order chi connectivity index (χ1) is 9.65. The summed E-state index contributed by atoms with van der Waals surface area (Å²) in [6.07, 6.45) is 3.62. The van der Waals surface area contributed by atoms with E-state index in [-0.39, 0.29) is 6.04 Å². The molecule has 1 unspecified atom stereocenters. The lowest BCUT2D eigenvalue weighted by Crippen LogP contribution is -2.09. The monoisotopic (exact) mass is 330 g/mol. The van der Waals surface area contributed by atoms with E-state index in [2.05, 4.69) is 44.3 Å². The van der Waals surface area contributed by atoms with Crippen LogP contribution in [0.3, 0.4) is 0 Å². The number of halogens is 1. The Morgan fingerprint density at radius 3 is 2.90 bits per heavy atom. The molecule has 0 radical (unpaired) electrons. The SMILES string of the molecule is Cc1cc2c(NC(C)c3ccccc3Br)nccn2n1. The zero-order chi connectivity index (χ0) is 14.1. The second-order valence-electron chi connectivity index (χ2n) is 4.78. The average molecular weight is 331 g/mol. The van der Waals surface area contributed by atoms with Gasteiger partial charge in [0.1, 0.15) is 5.52 Å². The predicted molar refractivity (Wildman–Crippen MR) is 83.9 cm³/mol. The summed E-state index contributed by atoms with van der Waals surface area (Å²) in [7, 11) is 0. The van der Waals surface area contributed by atoms with E-state index in [1.54, 1.807) is 6.20 Å². The molecule has 0 amide bonds. The van der Waals surface area contributed by atoms with Gasteiger partial charge in [-0.1, -0.05) is 34.1 Å². The Balaban J connectivity index is 1.95. The number of hydrogen-bond donors (Lipinski definition) is 1. The second-order valence-corrected chi connectivity index (χ2v) is 5.63. The topological polar surface area (TPSA) is 42.2 Å². The van der Waals surface area contributed by atoms with Gasteiger partial charge in [0.15, 0.2) is 5.82 Å². The van der Waals surface area contributed by atoms with Crippen molar-refractivity contribution in [3.8, 4) is 0 Å². The Bertz CT molecular complexity index is 750. The highest BCUT2D eigenvalue weighted by molar-refractivity contribution is 9.10. The lowest BCUT2D eigenvalue weighted by Gasteiger charge is -2.16. The number of aromatic nitrogens is 3. The summed E-state index contributed by atoms with van der Waals surface area (Å²) >= 11 is 3.59. The van der Waals surface area contributed by atoms with Crippen molar-refractivity contribution in [2.24, 2.45) is 0 Å². The first-order valence-corrected chi connectivity index (χ1v) is 7.26. The van der Waals surface area contributed by atoms with Crippen molar-refractivity contribution in [3.05, 3.63) is 58.5 Å². The first kappa shape index (κ1) is 13.1. The molecule has 2 heterocycles. The Hall–Kier alpha value is -1.88. The summed E-state index contributed by atoms with van der Waals surface area (Å²) in [5.41, 5.74) is 3.17. The van der Waals surface area contributed by atoms with Crippen LogP contribution in [0.15, 0.2) is 47.2 Å². The molecule has 102 valence electrons. The van der Waals surface area contributed by atoms with E-state index in [9.17, 15) is 0 Å². The summed E-state index contributed by atoms with van der Waals surface area (Å²) < 4.78 is 2.94. The number of rotatable bonds is 3. The Kier molecular flexibility index (Phi) is 3.44. The molecular formula is C15H15BrN4. The maximum Gasteiger partial charge on any atom is 0.152 e. The van der Waals surface area contributed by atoms with Crippen LogP contribution in [0, 0.1) is 6.92 Å². The van der Waals surface area contributed by atoms with Crippen molar-refractivity contribution in [2.75, 3.05) is 5.32 Å². The van der Waals surface area contributed by atoms with Crippen molar-refractivity contribution >= 4 is 27.3 Å². The van der Waals surface area contributed by atoms with Gasteiger partial charge in [0, 0.05) is 16.9 Å². The van der Waals surface area contributed by atoms with E-state index in [0.29, 0.717) is 0 Å². The van der Waals surface area contributed by atoms with Crippen LogP contribution in [-0.4, -0.2) is 14.6 Å². The molecule has 20 heavy (non-hydrogen) atoms. The van der Waals surface area contributed by atoms with Crippen LogP contribution < -0.4 is 5.32 Å². The summed E-state index contributed by atoms with van der Waals surface area (Å²) in [6.45, 7) is 4.10. The number of aryl methyl sites for hydroxylation is 1. The third-order valence-electron chi connectivity index (χ3n) is 3.24. The molecule has 0 saturated carbocycles. The number of anilines is 1. The Morgan fingerprint density at radius 1 is 1.30 bits per heavy atom. The summed E-state index contributed by atoms with van der Waals surface area (Å²) in [5, 5.41) is 7.85. The fourth-order valence-electron chi connectivity index (χ4n) is 2.26. The zero-order valence-corrected chi connectivity index (χ0v) is 12.9. The van der Waals surface area contributed by atoms with Gasteiger partial charge in [-0.25, -0.2) is 9.50 Å². The molecule has 0 spiro atoms. The molecule has 2 aromatic heterocycles. The molecule has 0 aliphatic rings. The van der Waals surface area contributed by atoms with Gasteiger partial charge in [0.2, 0.25) is 0 Å². The lowest BCUT2D eigenvalue weighted by atomic mass is 10.1. The van der Waals surface area contributed by atoms with Crippen LogP contribution in [-0.2, 0) is 0 Å². The molecule has 0 aliphatic heterocycles. The molecule has 4 nitrogen and oxygen atoms in total. The molecule has 3 rings (SSSR count). The van der Waals surface area contributed by atoms with E-state index in [4.69, 9.17) is 0 Å². The highest BCUT2D eigenvalue weighted by atomic mass is 79.9. The Morgan fingerprint density at radius 2 is 2.10 bits per heavy atom. The molecule has 3 aromatic rings.